The number of nitrogens with one attached hydrogen (secondary N) is 1. The van der Waals surface area contributed by atoms with Crippen molar-refractivity contribution in [2.75, 3.05) is 12.4 Å². The van der Waals surface area contributed by atoms with Gasteiger partial charge in [-0.2, -0.15) is 0 Å². The zero-order valence-corrected chi connectivity index (χ0v) is 13.6. The molecule has 0 aliphatic carbocycles. The lowest BCUT2D eigenvalue weighted by atomic mass is 10.1. The maximum Gasteiger partial charge on any atom is 0.339 e. The summed E-state index contributed by atoms with van der Waals surface area (Å²) in [5, 5.41) is 10.6. The highest BCUT2D eigenvalue weighted by atomic mass is 16.5. The van der Waals surface area contributed by atoms with Gasteiger partial charge in [-0.05, 0) is 31.2 Å². The molecule has 1 N–H and O–H groups in total. The molecule has 0 spiro atoms. The zero-order chi connectivity index (χ0) is 17.8. The van der Waals surface area contributed by atoms with E-state index in [1.807, 2.05) is 6.92 Å². The van der Waals surface area contributed by atoms with Crippen LogP contribution in [0.1, 0.15) is 26.7 Å². The fourth-order valence-electron chi connectivity index (χ4n) is 2.26. The lowest BCUT2D eigenvalue weighted by molar-refractivity contribution is 0.0602. The molecule has 0 unspecified atom stereocenters. The molecule has 2 heterocycles. The fraction of sp³-hybridized carbons (Fsp3) is 0.118. The second-order valence-corrected chi connectivity index (χ2v) is 5.11. The lowest BCUT2D eigenvalue weighted by Crippen LogP contribution is -2.17. The molecule has 25 heavy (non-hydrogen) atoms. The van der Waals surface area contributed by atoms with Gasteiger partial charge in [0.2, 0.25) is 0 Å². The largest absolute Gasteiger partial charge is 0.465 e. The zero-order valence-electron chi connectivity index (χ0n) is 13.6. The molecule has 3 aromatic rings. The molecule has 8 nitrogen and oxygen atoms in total. The summed E-state index contributed by atoms with van der Waals surface area (Å²) in [6.45, 7) is 1.84. The lowest BCUT2D eigenvalue weighted by Gasteiger charge is -2.09. The van der Waals surface area contributed by atoms with Crippen LogP contribution in [-0.4, -0.2) is 38.7 Å². The molecule has 0 aliphatic heterocycles. The third-order valence-corrected chi connectivity index (χ3v) is 3.54. The van der Waals surface area contributed by atoms with E-state index in [9.17, 15) is 9.59 Å². The van der Waals surface area contributed by atoms with Crippen LogP contribution in [0, 0.1) is 6.92 Å². The second-order valence-electron chi connectivity index (χ2n) is 5.11. The predicted octanol–water partition coefficient (Wildman–Crippen LogP) is 2.01. The van der Waals surface area contributed by atoms with Gasteiger partial charge in [0.15, 0.2) is 11.5 Å². The number of aromatic nitrogens is 4. The molecule has 0 bridgehead atoms. The summed E-state index contributed by atoms with van der Waals surface area (Å²) in [4.78, 5) is 28.2. The number of methoxy groups -OCH3 is 1. The molecule has 0 saturated carbocycles. The van der Waals surface area contributed by atoms with Gasteiger partial charge in [-0.1, -0.05) is 12.1 Å². The molecule has 0 radical (unpaired) electrons. The number of hydrogen-bond donors (Lipinski definition) is 1. The van der Waals surface area contributed by atoms with Crippen molar-refractivity contribution in [3.05, 3.63) is 65.9 Å². The molecule has 3 rings (SSSR count). The first-order valence-electron chi connectivity index (χ1n) is 7.43. The number of imidazole rings is 1. The van der Waals surface area contributed by atoms with E-state index < -0.39 is 11.9 Å². The van der Waals surface area contributed by atoms with E-state index in [2.05, 4.69) is 20.5 Å². The highest BCUT2D eigenvalue weighted by Crippen LogP contribution is 2.17. The Hall–Kier alpha value is -3.55. The summed E-state index contributed by atoms with van der Waals surface area (Å²) in [5.41, 5.74) is 0.730. The molecule has 1 amide bonds. The Morgan fingerprint density at radius 2 is 1.92 bits per heavy atom. The molecule has 0 atom stereocenters. The average molecular weight is 337 g/mol. The van der Waals surface area contributed by atoms with E-state index in [0.29, 0.717) is 11.5 Å². The number of carbonyl (C=O) groups is 2. The summed E-state index contributed by atoms with van der Waals surface area (Å²) in [5.74, 6) is 0.311. The summed E-state index contributed by atoms with van der Waals surface area (Å²) in [7, 11) is 1.28. The highest BCUT2D eigenvalue weighted by Gasteiger charge is 2.15. The Morgan fingerprint density at radius 3 is 2.56 bits per heavy atom. The van der Waals surface area contributed by atoms with E-state index in [-0.39, 0.29) is 11.3 Å². The van der Waals surface area contributed by atoms with Crippen molar-refractivity contribution < 1.29 is 14.3 Å². The Bertz CT molecular complexity index is 918. The quantitative estimate of drug-likeness (QED) is 0.731. The number of rotatable bonds is 4. The van der Waals surface area contributed by atoms with Crippen molar-refractivity contribution in [3.8, 4) is 5.82 Å². The fourth-order valence-corrected chi connectivity index (χ4v) is 2.26. The monoisotopic (exact) mass is 337 g/mol. The molecular weight excluding hydrogens is 322 g/mol. The number of ether oxygens (including phenoxy) is 1. The number of esters is 1. The number of para-hydroxylation sites is 1. The van der Waals surface area contributed by atoms with Crippen LogP contribution in [0.15, 0.2) is 48.8 Å². The molecule has 0 aliphatic rings. The molecule has 126 valence electrons. The average Bonchev–Trinajstić information content (AvgIpc) is 3.07. The number of anilines is 1. The number of hydrogen-bond acceptors (Lipinski definition) is 6. The van der Waals surface area contributed by atoms with Crippen LogP contribution in [0.4, 0.5) is 5.69 Å². The first-order chi connectivity index (χ1) is 12.1. The van der Waals surface area contributed by atoms with Gasteiger partial charge in [0.1, 0.15) is 5.82 Å². The Balaban J connectivity index is 1.81. The number of benzene rings is 1. The van der Waals surface area contributed by atoms with Gasteiger partial charge in [-0.25, -0.2) is 9.78 Å². The van der Waals surface area contributed by atoms with Gasteiger partial charge in [0, 0.05) is 12.4 Å². The van der Waals surface area contributed by atoms with Crippen LogP contribution >= 0.6 is 0 Å². The molecule has 0 fully saturated rings. The maximum absolute atomic E-state index is 12.4. The maximum atomic E-state index is 12.4. The number of carbonyl (C=O) groups excluding carboxylic acids is 2. The van der Waals surface area contributed by atoms with Crippen molar-refractivity contribution >= 4 is 17.6 Å². The van der Waals surface area contributed by atoms with Crippen LogP contribution < -0.4 is 5.32 Å². The third-order valence-electron chi connectivity index (χ3n) is 3.54. The Labute approximate surface area is 143 Å². The van der Waals surface area contributed by atoms with Crippen molar-refractivity contribution in [1.29, 1.82) is 0 Å². The van der Waals surface area contributed by atoms with E-state index in [4.69, 9.17) is 4.74 Å². The third kappa shape index (κ3) is 3.37. The van der Waals surface area contributed by atoms with Gasteiger partial charge in [0.25, 0.3) is 5.91 Å². The van der Waals surface area contributed by atoms with Crippen LogP contribution in [0.5, 0.6) is 0 Å². The van der Waals surface area contributed by atoms with Crippen molar-refractivity contribution in [2.45, 2.75) is 6.92 Å². The minimum Gasteiger partial charge on any atom is -0.465 e. The highest BCUT2D eigenvalue weighted by molar-refractivity contribution is 6.06. The molecular formula is C17H15N5O3. The number of aryl methyl sites for hydroxylation is 1. The van der Waals surface area contributed by atoms with Gasteiger partial charge in [0.05, 0.1) is 18.4 Å². The van der Waals surface area contributed by atoms with Crippen molar-refractivity contribution in [3.63, 3.8) is 0 Å². The molecule has 2 aromatic heterocycles. The van der Waals surface area contributed by atoms with Gasteiger partial charge in [-0.3, -0.25) is 9.36 Å². The van der Waals surface area contributed by atoms with E-state index in [1.165, 1.54) is 7.11 Å². The van der Waals surface area contributed by atoms with Gasteiger partial charge in [-0.15, -0.1) is 10.2 Å². The van der Waals surface area contributed by atoms with Crippen LogP contribution in [0.25, 0.3) is 5.82 Å². The summed E-state index contributed by atoms with van der Waals surface area (Å²) >= 11 is 0. The van der Waals surface area contributed by atoms with Gasteiger partial charge >= 0.3 is 5.97 Å². The SMILES string of the molecule is COC(=O)c1ccccc1NC(=O)c1ccc(-n2ccnc2C)nn1. The summed E-state index contributed by atoms with van der Waals surface area (Å²) < 4.78 is 6.46. The minimum atomic E-state index is -0.534. The van der Waals surface area contributed by atoms with Gasteiger partial charge < -0.3 is 10.1 Å². The molecule has 1 aromatic carbocycles. The summed E-state index contributed by atoms with van der Waals surface area (Å²) in [6, 6.07) is 9.79. The van der Waals surface area contributed by atoms with E-state index in [1.54, 1.807) is 53.4 Å². The van der Waals surface area contributed by atoms with Crippen molar-refractivity contribution in [2.24, 2.45) is 0 Å². The van der Waals surface area contributed by atoms with E-state index in [0.717, 1.165) is 5.82 Å². The van der Waals surface area contributed by atoms with E-state index >= 15 is 0 Å². The van der Waals surface area contributed by atoms with Crippen LogP contribution in [0.3, 0.4) is 0 Å². The number of nitrogens with zero attached hydrogens (tertiary/aromatic N) is 4. The van der Waals surface area contributed by atoms with Crippen LogP contribution in [-0.2, 0) is 4.74 Å². The molecule has 0 saturated heterocycles. The first kappa shape index (κ1) is 16.3. The minimum absolute atomic E-state index is 0.126. The molecule has 8 heteroatoms. The Morgan fingerprint density at radius 1 is 1.12 bits per heavy atom. The smallest absolute Gasteiger partial charge is 0.339 e. The first-order valence-corrected chi connectivity index (χ1v) is 7.43. The topological polar surface area (TPSA) is 99.0 Å². The predicted molar refractivity (Wildman–Crippen MR) is 89.6 cm³/mol. The number of amides is 1. The Kier molecular flexibility index (Phi) is 4.51. The second kappa shape index (κ2) is 6.91. The normalized spacial score (nSPS) is 10.3. The van der Waals surface area contributed by atoms with Crippen molar-refractivity contribution in [1.82, 2.24) is 19.7 Å². The summed E-state index contributed by atoms with van der Waals surface area (Å²) in [6.07, 6.45) is 3.41. The van der Waals surface area contributed by atoms with Crippen LogP contribution in [0.2, 0.25) is 0 Å². The standard InChI is InChI=1S/C17H15N5O3/c1-11-18-9-10-22(11)15-8-7-14(20-21-15)16(23)19-13-6-4-3-5-12(13)17(24)25-2/h3-10H,1-2H3,(H,19,23).